The third-order valence-electron chi connectivity index (χ3n) is 4.51. The largest absolute Gasteiger partial charge is 0.497 e. The van der Waals surface area contributed by atoms with Crippen LogP contribution in [0, 0.1) is 6.92 Å². The van der Waals surface area contributed by atoms with Crippen LogP contribution in [0.1, 0.15) is 5.82 Å². The molecule has 134 valence electrons. The predicted octanol–water partition coefficient (Wildman–Crippen LogP) is 0.795. The molecule has 2 N–H and O–H groups in total. The number of benzene rings is 1. The molecule has 2 heterocycles. The number of aromatic nitrogens is 2. The average molecular weight is 343 g/mol. The zero-order valence-electron chi connectivity index (χ0n) is 14.7. The maximum absolute atomic E-state index is 12.4. The quantitative estimate of drug-likeness (QED) is 0.812. The average Bonchev–Trinajstić information content (AvgIpc) is 3.07. The van der Waals surface area contributed by atoms with E-state index in [9.17, 15) is 4.79 Å². The number of aryl methyl sites for hydroxylation is 1. The van der Waals surface area contributed by atoms with Gasteiger partial charge in [0, 0.05) is 50.8 Å². The fraction of sp³-hybridized carbons (Fsp3) is 0.444. The molecule has 1 aliphatic rings. The Kier molecular flexibility index (Phi) is 5.55. The lowest BCUT2D eigenvalue weighted by Gasteiger charge is -2.34. The number of hydrogen-bond donors (Lipinski definition) is 2. The lowest BCUT2D eigenvalue weighted by Crippen LogP contribution is -2.57. The van der Waals surface area contributed by atoms with Crippen LogP contribution < -0.4 is 20.3 Å². The second kappa shape index (κ2) is 8.02. The molecule has 7 nitrogen and oxygen atoms in total. The summed E-state index contributed by atoms with van der Waals surface area (Å²) in [4.78, 5) is 18.8. The highest BCUT2D eigenvalue weighted by Gasteiger charge is 2.25. The molecule has 1 aromatic heterocycles. The lowest BCUT2D eigenvalue weighted by atomic mass is 10.1. The molecule has 1 amide bonds. The van der Waals surface area contributed by atoms with Crippen LogP contribution in [-0.2, 0) is 11.3 Å². The van der Waals surface area contributed by atoms with Gasteiger partial charge >= 0.3 is 0 Å². The maximum Gasteiger partial charge on any atom is 0.239 e. The molecule has 0 radical (unpaired) electrons. The SMILES string of the molecule is COc1ccc(N2CCNC(C(=O)NCCn3ccnc3C)C2)cc1. The van der Waals surface area contributed by atoms with Crippen LogP contribution >= 0.6 is 0 Å². The number of carbonyl (C=O) groups is 1. The van der Waals surface area contributed by atoms with E-state index in [0.29, 0.717) is 13.1 Å². The van der Waals surface area contributed by atoms with E-state index in [1.165, 1.54) is 0 Å². The van der Waals surface area contributed by atoms with Crippen LogP contribution in [0.4, 0.5) is 5.69 Å². The Bertz CT molecular complexity index is 698. The summed E-state index contributed by atoms with van der Waals surface area (Å²) in [6, 6.07) is 7.74. The first-order chi connectivity index (χ1) is 12.2. The summed E-state index contributed by atoms with van der Waals surface area (Å²) >= 11 is 0. The summed E-state index contributed by atoms with van der Waals surface area (Å²) in [6.07, 6.45) is 3.69. The van der Waals surface area contributed by atoms with Crippen LogP contribution in [0.5, 0.6) is 5.75 Å². The fourth-order valence-electron chi connectivity index (χ4n) is 3.02. The number of imidazole rings is 1. The molecule has 3 rings (SSSR count). The molecule has 7 heteroatoms. The highest BCUT2D eigenvalue weighted by Crippen LogP contribution is 2.20. The molecule has 0 bridgehead atoms. The van der Waals surface area contributed by atoms with Crippen molar-refractivity contribution in [3.8, 4) is 5.75 Å². The van der Waals surface area contributed by atoms with Gasteiger partial charge in [0.2, 0.25) is 5.91 Å². The van der Waals surface area contributed by atoms with Crippen LogP contribution in [0.2, 0.25) is 0 Å². The van der Waals surface area contributed by atoms with Gasteiger partial charge < -0.3 is 24.8 Å². The third kappa shape index (κ3) is 4.30. The van der Waals surface area contributed by atoms with Crippen LogP contribution in [0.25, 0.3) is 0 Å². The van der Waals surface area contributed by atoms with Crippen molar-refractivity contribution in [3.63, 3.8) is 0 Å². The summed E-state index contributed by atoms with van der Waals surface area (Å²) in [7, 11) is 1.66. The molecule has 1 saturated heterocycles. The molecular formula is C18H25N5O2. The molecule has 1 atom stereocenters. The molecule has 2 aromatic rings. The first-order valence-corrected chi connectivity index (χ1v) is 8.55. The Morgan fingerprint density at radius 1 is 1.40 bits per heavy atom. The number of anilines is 1. The zero-order valence-corrected chi connectivity index (χ0v) is 14.7. The summed E-state index contributed by atoms with van der Waals surface area (Å²) in [6.45, 7) is 5.60. The van der Waals surface area contributed by atoms with Gasteiger partial charge in [-0.3, -0.25) is 4.79 Å². The van der Waals surface area contributed by atoms with Crippen LogP contribution in [0.3, 0.4) is 0 Å². The minimum atomic E-state index is -0.209. The van der Waals surface area contributed by atoms with Crippen LogP contribution in [-0.4, -0.2) is 54.8 Å². The Morgan fingerprint density at radius 2 is 2.20 bits per heavy atom. The molecule has 1 aromatic carbocycles. The minimum absolute atomic E-state index is 0.0379. The van der Waals surface area contributed by atoms with Gasteiger partial charge in [-0.1, -0.05) is 0 Å². The van der Waals surface area contributed by atoms with Crippen molar-refractivity contribution in [1.82, 2.24) is 20.2 Å². The second-order valence-corrected chi connectivity index (χ2v) is 6.11. The highest BCUT2D eigenvalue weighted by atomic mass is 16.5. The molecule has 0 aliphatic carbocycles. The van der Waals surface area contributed by atoms with E-state index >= 15 is 0 Å². The predicted molar refractivity (Wildman–Crippen MR) is 97.0 cm³/mol. The number of nitrogens with zero attached hydrogens (tertiary/aromatic N) is 3. The summed E-state index contributed by atoms with van der Waals surface area (Å²) < 4.78 is 7.22. The Labute approximate surface area is 148 Å². The maximum atomic E-state index is 12.4. The van der Waals surface area contributed by atoms with E-state index < -0.39 is 0 Å². The van der Waals surface area contributed by atoms with Crippen molar-refractivity contribution in [2.24, 2.45) is 0 Å². The molecular weight excluding hydrogens is 318 g/mol. The summed E-state index contributed by atoms with van der Waals surface area (Å²) in [5.41, 5.74) is 1.11. The van der Waals surface area contributed by atoms with Crippen molar-refractivity contribution in [3.05, 3.63) is 42.5 Å². The fourth-order valence-corrected chi connectivity index (χ4v) is 3.02. The number of ether oxygens (including phenoxy) is 1. The molecule has 1 unspecified atom stereocenters. The van der Waals surface area contributed by atoms with E-state index in [-0.39, 0.29) is 11.9 Å². The van der Waals surface area contributed by atoms with Crippen LogP contribution in [0.15, 0.2) is 36.7 Å². The van der Waals surface area contributed by atoms with Gasteiger partial charge in [-0.2, -0.15) is 0 Å². The molecule has 1 fully saturated rings. The minimum Gasteiger partial charge on any atom is -0.497 e. The van der Waals surface area contributed by atoms with Gasteiger partial charge in [-0.25, -0.2) is 4.98 Å². The smallest absolute Gasteiger partial charge is 0.239 e. The van der Waals surface area contributed by atoms with Gasteiger partial charge in [-0.15, -0.1) is 0 Å². The first-order valence-electron chi connectivity index (χ1n) is 8.55. The Balaban J connectivity index is 1.51. The van der Waals surface area contributed by atoms with Crippen molar-refractivity contribution in [1.29, 1.82) is 0 Å². The van der Waals surface area contributed by atoms with Gasteiger partial charge in [-0.05, 0) is 31.2 Å². The molecule has 0 spiro atoms. The van der Waals surface area contributed by atoms with Gasteiger partial charge in [0.1, 0.15) is 17.6 Å². The number of amides is 1. The standard InChI is InChI=1S/C18H25N5O2/c1-14-19-7-10-22(14)11-9-21-18(24)17-13-23(12-8-20-17)15-3-5-16(25-2)6-4-15/h3-7,10,17,20H,8-9,11-13H2,1-2H3,(H,21,24). The molecule has 0 saturated carbocycles. The first kappa shape index (κ1) is 17.3. The summed E-state index contributed by atoms with van der Waals surface area (Å²) in [5, 5.41) is 6.31. The van der Waals surface area contributed by atoms with Gasteiger partial charge in [0.25, 0.3) is 0 Å². The van der Waals surface area contributed by atoms with Crippen molar-refractivity contribution in [2.75, 3.05) is 38.2 Å². The number of nitrogens with one attached hydrogen (secondary N) is 2. The number of piperazine rings is 1. The highest BCUT2D eigenvalue weighted by molar-refractivity contribution is 5.82. The van der Waals surface area contributed by atoms with E-state index in [1.807, 2.05) is 42.0 Å². The number of hydrogen-bond acceptors (Lipinski definition) is 5. The van der Waals surface area contributed by atoms with Crippen molar-refractivity contribution >= 4 is 11.6 Å². The topological polar surface area (TPSA) is 71.4 Å². The Hall–Kier alpha value is -2.54. The molecule has 25 heavy (non-hydrogen) atoms. The third-order valence-corrected chi connectivity index (χ3v) is 4.51. The van der Waals surface area contributed by atoms with E-state index in [4.69, 9.17) is 4.74 Å². The number of carbonyl (C=O) groups excluding carboxylic acids is 1. The van der Waals surface area contributed by atoms with E-state index in [1.54, 1.807) is 13.3 Å². The van der Waals surface area contributed by atoms with Gasteiger partial charge in [0.15, 0.2) is 0 Å². The number of methoxy groups -OCH3 is 1. The number of rotatable bonds is 6. The second-order valence-electron chi connectivity index (χ2n) is 6.11. The summed E-state index contributed by atoms with van der Waals surface area (Å²) in [5.74, 6) is 1.83. The monoisotopic (exact) mass is 343 g/mol. The molecule has 1 aliphatic heterocycles. The van der Waals surface area contributed by atoms with E-state index in [0.717, 1.165) is 36.9 Å². The Morgan fingerprint density at radius 3 is 2.88 bits per heavy atom. The zero-order chi connectivity index (χ0) is 17.6. The van der Waals surface area contributed by atoms with Gasteiger partial charge in [0.05, 0.1) is 7.11 Å². The normalized spacial score (nSPS) is 17.4. The van der Waals surface area contributed by atoms with Crippen molar-refractivity contribution < 1.29 is 9.53 Å². The van der Waals surface area contributed by atoms with Crippen molar-refractivity contribution in [2.45, 2.75) is 19.5 Å². The lowest BCUT2D eigenvalue weighted by molar-refractivity contribution is -0.123. The van der Waals surface area contributed by atoms with E-state index in [2.05, 4.69) is 20.5 Å².